The number of carbonyl (C=O) groups excluding carboxylic acids is 2. The lowest BCUT2D eigenvalue weighted by atomic mass is 9.89. The van der Waals surface area contributed by atoms with Gasteiger partial charge in [0.15, 0.2) is 16.0 Å². The molecule has 0 bridgehead atoms. The molecule has 1 aromatic heterocycles. The number of hydrogen-bond donors (Lipinski definition) is 1. The van der Waals surface area contributed by atoms with Gasteiger partial charge in [0.25, 0.3) is 5.91 Å². The molecular weight excluding hydrogens is 490 g/mol. The van der Waals surface area contributed by atoms with E-state index in [0.29, 0.717) is 26.9 Å². The predicted molar refractivity (Wildman–Crippen MR) is 111 cm³/mol. The highest BCUT2D eigenvalue weighted by Crippen LogP contribution is 2.43. The van der Waals surface area contributed by atoms with Crippen molar-refractivity contribution < 1.29 is 19.1 Å². The fraction of sp³-hybridized carbons (Fsp3) is 0.143. The number of amides is 1. The second-order valence-corrected chi connectivity index (χ2v) is 8.16. The van der Waals surface area contributed by atoms with Crippen molar-refractivity contribution in [2.24, 2.45) is 0 Å². The quantitative estimate of drug-likeness (QED) is 0.506. The van der Waals surface area contributed by atoms with E-state index in [2.05, 4.69) is 31.9 Å². The molecule has 2 aromatic carbocycles. The number of nitrogens with zero attached hydrogens (tertiary/aromatic N) is 1. The molecule has 0 fully saturated rings. The number of ketones is 1. The van der Waals surface area contributed by atoms with Crippen molar-refractivity contribution in [2.75, 3.05) is 4.90 Å². The van der Waals surface area contributed by atoms with Crippen LogP contribution in [-0.2, 0) is 16.9 Å². The zero-order valence-corrected chi connectivity index (χ0v) is 17.7. The average Bonchev–Trinajstić information content (AvgIpc) is 3.13. The highest BCUT2D eigenvalue weighted by atomic mass is 79.9. The van der Waals surface area contributed by atoms with E-state index < -0.39 is 23.7 Å². The Morgan fingerprint density at radius 3 is 2.43 bits per heavy atom. The van der Waals surface area contributed by atoms with Crippen LogP contribution in [0.3, 0.4) is 0 Å². The van der Waals surface area contributed by atoms with E-state index in [9.17, 15) is 14.7 Å². The molecular formula is C21H15Br2NO4. The normalized spacial score (nSPS) is 18.4. The van der Waals surface area contributed by atoms with Crippen LogP contribution in [-0.4, -0.2) is 16.8 Å². The van der Waals surface area contributed by atoms with Gasteiger partial charge in [0.2, 0.25) is 5.78 Å². The number of Topliss-reactive ketones (excluding diaryl/α,β-unsaturated/α-hetero) is 1. The summed E-state index contributed by atoms with van der Waals surface area (Å²) in [6, 6.07) is 18.0. The highest BCUT2D eigenvalue weighted by Gasteiger charge is 2.51. The van der Waals surface area contributed by atoms with Crippen LogP contribution in [0.2, 0.25) is 0 Å². The SMILES string of the molecule is O=C(C[C@@]1(O)C(=O)N(Cc2ccccc2)c2ccccc21)c1cc(Br)c(Br)o1. The number of aliphatic hydroxyl groups is 1. The third-order valence-electron chi connectivity index (χ3n) is 4.76. The summed E-state index contributed by atoms with van der Waals surface area (Å²) in [4.78, 5) is 27.4. The molecule has 0 saturated carbocycles. The summed E-state index contributed by atoms with van der Waals surface area (Å²) in [6.07, 6.45) is -0.402. The van der Waals surface area contributed by atoms with E-state index >= 15 is 0 Å². The second-order valence-electron chi connectivity index (χ2n) is 6.59. The van der Waals surface area contributed by atoms with Crippen molar-refractivity contribution >= 4 is 49.2 Å². The molecule has 0 spiro atoms. The lowest BCUT2D eigenvalue weighted by Gasteiger charge is -2.22. The van der Waals surface area contributed by atoms with Gasteiger partial charge in [0, 0.05) is 11.6 Å². The van der Waals surface area contributed by atoms with Gasteiger partial charge in [0.05, 0.1) is 23.1 Å². The first kappa shape index (κ1) is 19.1. The molecule has 0 aliphatic carbocycles. The monoisotopic (exact) mass is 503 g/mol. The summed E-state index contributed by atoms with van der Waals surface area (Å²) in [7, 11) is 0. The third-order valence-corrected chi connectivity index (χ3v) is 6.47. The summed E-state index contributed by atoms with van der Waals surface area (Å²) < 4.78 is 6.33. The molecule has 1 amide bonds. The molecule has 1 atom stereocenters. The topological polar surface area (TPSA) is 70.8 Å². The van der Waals surface area contributed by atoms with E-state index in [0.717, 1.165) is 5.56 Å². The van der Waals surface area contributed by atoms with Crippen LogP contribution >= 0.6 is 31.9 Å². The van der Waals surface area contributed by atoms with Gasteiger partial charge in [-0.25, -0.2) is 0 Å². The number of fused-ring (bicyclic) bond motifs is 1. The van der Waals surface area contributed by atoms with Gasteiger partial charge < -0.3 is 14.4 Å². The van der Waals surface area contributed by atoms with Crippen molar-refractivity contribution in [3.8, 4) is 0 Å². The van der Waals surface area contributed by atoms with Crippen molar-refractivity contribution in [1.82, 2.24) is 0 Å². The Morgan fingerprint density at radius 2 is 1.75 bits per heavy atom. The van der Waals surface area contributed by atoms with E-state index in [1.165, 1.54) is 11.0 Å². The molecule has 0 saturated heterocycles. The molecule has 142 valence electrons. The number of para-hydroxylation sites is 1. The zero-order valence-electron chi connectivity index (χ0n) is 14.6. The first-order valence-corrected chi connectivity index (χ1v) is 10.1. The Hall–Kier alpha value is -2.22. The minimum absolute atomic E-state index is 0.0685. The maximum absolute atomic E-state index is 13.2. The minimum atomic E-state index is -1.94. The smallest absolute Gasteiger partial charge is 0.264 e. The third kappa shape index (κ3) is 3.23. The van der Waals surface area contributed by atoms with Crippen molar-refractivity contribution in [1.29, 1.82) is 0 Å². The molecule has 1 aliphatic heterocycles. The molecule has 28 heavy (non-hydrogen) atoms. The fourth-order valence-electron chi connectivity index (χ4n) is 3.40. The first-order chi connectivity index (χ1) is 13.4. The van der Waals surface area contributed by atoms with E-state index in [4.69, 9.17) is 4.42 Å². The highest BCUT2D eigenvalue weighted by molar-refractivity contribution is 9.13. The van der Waals surface area contributed by atoms with E-state index in [1.807, 2.05) is 30.3 Å². The van der Waals surface area contributed by atoms with Gasteiger partial charge in [-0.15, -0.1) is 0 Å². The number of carbonyl (C=O) groups is 2. The largest absolute Gasteiger partial charge is 0.445 e. The molecule has 3 aromatic rings. The van der Waals surface area contributed by atoms with Crippen molar-refractivity contribution in [2.45, 2.75) is 18.6 Å². The van der Waals surface area contributed by atoms with E-state index in [-0.39, 0.29) is 5.76 Å². The Bertz CT molecular complexity index is 1040. The summed E-state index contributed by atoms with van der Waals surface area (Å²) in [5, 5.41) is 11.3. The number of halogens is 2. The summed E-state index contributed by atoms with van der Waals surface area (Å²) >= 11 is 6.46. The molecule has 2 heterocycles. The van der Waals surface area contributed by atoms with Gasteiger partial charge in [-0.05, 0) is 43.5 Å². The molecule has 1 aliphatic rings. The zero-order chi connectivity index (χ0) is 19.9. The minimum Gasteiger partial charge on any atom is -0.445 e. The van der Waals surface area contributed by atoms with Gasteiger partial charge in [0.1, 0.15) is 0 Å². The predicted octanol–water partition coefficient (Wildman–Crippen LogP) is 4.81. The number of furan rings is 1. The standard InChI is InChI=1S/C21H15Br2NO4/c22-15-10-18(28-19(15)23)17(25)11-21(27)14-8-4-5-9-16(14)24(20(21)26)12-13-6-2-1-3-7-13/h1-10,27H,11-12H2/t21-/m0/s1. The van der Waals surface area contributed by atoms with Crippen molar-refractivity contribution in [3.63, 3.8) is 0 Å². The van der Waals surface area contributed by atoms with Gasteiger partial charge in [-0.2, -0.15) is 0 Å². The number of benzene rings is 2. The number of anilines is 1. The molecule has 0 unspecified atom stereocenters. The van der Waals surface area contributed by atoms with Crippen LogP contribution < -0.4 is 4.90 Å². The van der Waals surface area contributed by atoms with Crippen LogP contribution in [0.5, 0.6) is 0 Å². The molecule has 1 N–H and O–H groups in total. The van der Waals surface area contributed by atoms with Crippen LogP contribution in [0, 0.1) is 0 Å². The first-order valence-electron chi connectivity index (χ1n) is 8.56. The molecule has 4 rings (SSSR count). The van der Waals surface area contributed by atoms with E-state index in [1.54, 1.807) is 24.3 Å². The van der Waals surface area contributed by atoms with Gasteiger partial charge >= 0.3 is 0 Å². The average molecular weight is 505 g/mol. The Balaban J connectivity index is 1.68. The maximum Gasteiger partial charge on any atom is 0.264 e. The molecule has 7 heteroatoms. The van der Waals surface area contributed by atoms with Crippen molar-refractivity contribution in [3.05, 3.63) is 86.7 Å². The summed E-state index contributed by atoms with van der Waals surface area (Å²) in [5.41, 5.74) is 0.0244. The number of hydrogen-bond acceptors (Lipinski definition) is 4. The molecule has 5 nitrogen and oxygen atoms in total. The van der Waals surface area contributed by atoms with Gasteiger partial charge in [-0.3, -0.25) is 9.59 Å². The van der Waals surface area contributed by atoms with Crippen LogP contribution in [0.1, 0.15) is 28.1 Å². The molecule has 0 radical (unpaired) electrons. The van der Waals surface area contributed by atoms with Crippen LogP contribution in [0.4, 0.5) is 5.69 Å². The Kier molecular flexibility index (Phi) is 4.99. The lowest BCUT2D eigenvalue weighted by molar-refractivity contribution is -0.136. The lowest BCUT2D eigenvalue weighted by Crippen LogP contribution is -2.41. The maximum atomic E-state index is 13.2. The Morgan fingerprint density at radius 1 is 1.07 bits per heavy atom. The summed E-state index contributed by atoms with van der Waals surface area (Å²) in [5.74, 6) is -0.909. The Labute approximate surface area is 178 Å². The summed E-state index contributed by atoms with van der Waals surface area (Å²) in [6.45, 7) is 0.311. The van der Waals surface area contributed by atoms with Crippen LogP contribution in [0.25, 0.3) is 0 Å². The number of rotatable bonds is 5. The fourth-order valence-corrected chi connectivity index (χ4v) is 3.98. The van der Waals surface area contributed by atoms with Crippen LogP contribution in [0.15, 0.2) is 74.2 Å². The second kappa shape index (κ2) is 7.31. The van der Waals surface area contributed by atoms with Gasteiger partial charge in [-0.1, -0.05) is 48.5 Å².